The van der Waals surface area contributed by atoms with Gasteiger partial charge in [-0.05, 0) is 18.2 Å². The summed E-state index contributed by atoms with van der Waals surface area (Å²) in [5, 5.41) is 0. The van der Waals surface area contributed by atoms with Crippen molar-refractivity contribution in [2.24, 2.45) is 0 Å². The minimum atomic E-state index is -0.417. The van der Waals surface area contributed by atoms with Crippen LogP contribution in [0.5, 0.6) is 0 Å². The van der Waals surface area contributed by atoms with Crippen molar-refractivity contribution < 1.29 is 14.4 Å². The molecule has 118 valence electrons. The van der Waals surface area contributed by atoms with E-state index < -0.39 is 5.91 Å². The number of nitrogens with zero attached hydrogens (tertiary/aromatic N) is 2. The summed E-state index contributed by atoms with van der Waals surface area (Å²) < 4.78 is 0. The van der Waals surface area contributed by atoms with Crippen LogP contribution in [0.15, 0.2) is 60.2 Å². The van der Waals surface area contributed by atoms with Gasteiger partial charge in [-0.25, -0.2) is 4.90 Å². The summed E-state index contributed by atoms with van der Waals surface area (Å²) in [5.41, 5.74) is 2.59. The van der Waals surface area contributed by atoms with Crippen LogP contribution in [0, 0.1) is 0 Å². The van der Waals surface area contributed by atoms with Gasteiger partial charge in [0.15, 0.2) is 0 Å². The van der Waals surface area contributed by atoms with E-state index in [1.807, 2.05) is 30.3 Å². The number of likely N-dealkylation sites (N-methyl/N-ethyl adjacent to an activating group) is 1. The maximum absolute atomic E-state index is 12.8. The number of hydrogen-bond donors (Lipinski definition) is 0. The van der Waals surface area contributed by atoms with Crippen LogP contribution in [-0.4, -0.2) is 24.8 Å². The highest BCUT2D eigenvalue weighted by molar-refractivity contribution is 6.41. The lowest BCUT2D eigenvalue weighted by atomic mass is 10.00. The molecule has 0 atom stereocenters. The highest BCUT2D eigenvalue weighted by Crippen LogP contribution is 2.40. The van der Waals surface area contributed by atoms with Crippen LogP contribution in [0.25, 0.3) is 5.57 Å². The molecule has 0 bridgehead atoms. The second-order valence-corrected chi connectivity index (χ2v) is 5.78. The summed E-state index contributed by atoms with van der Waals surface area (Å²) in [5.74, 6) is -0.976. The zero-order chi connectivity index (χ0) is 16.8. The van der Waals surface area contributed by atoms with E-state index in [2.05, 4.69) is 0 Å². The summed E-state index contributed by atoms with van der Waals surface area (Å²) in [6.07, 6.45) is -0.0586. The van der Waals surface area contributed by atoms with Crippen molar-refractivity contribution in [2.75, 3.05) is 16.8 Å². The first-order valence-corrected chi connectivity index (χ1v) is 7.62. The van der Waals surface area contributed by atoms with Crippen molar-refractivity contribution in [3.8, 4) is 0 Å². The van der Waals surface area contributed by atoms with Gasteiger partial charge in [0, 0.05) is 18.2 Å². The maximum atomic E-state index is 12.8. The van der Waals surface area contributed by atoms with Gasteiger partial charge in [0.05, 0.1) is 23.4 Å². The topological polar surface area (TPSA) is 57.7 Å². The van der Waals surface area contributed by atoms with E-state index in [-0.39, 0.29) is 23.8 Å². The van der Waals surface area contributed by atoms with Crippen LogP contribution in [0.4, 0.5) is 11.4 Å². The molecule has 3 amide bonds. The number of rotatable bonds is 1. The molecule has 2 aliphatic heterocycles. The largest absolute Gasteiger partial charge is 0.311 e. The van der Waals surface area contributed by atoms with Crippen molar-refractivity contribution >= 4 is 34.7 Å². The lowest BCUT2D eigenvalue weighted by Gasteiger charge is -2.13. The third kappa shape index (κ3) is 1.91. The van der Waals surface area contributed by atoms with Gasteiger partial charge in [-0.2, -0.15) is 0 Å². The highest BCUT2D eigenvalue weighted by Gasteiger charge is 2.42. The Balaban J connectivity index is 1.86. The summed E-state index contributed by atoms with van der Waals surface area (Å²) in [4.78, 5) is 40.5. The molecule has 2 aromatic carbocycles. The fourth-order valence-electron chi connectivity index (χ4n) is 3.25. The number of hydrogen-bond acceptors (Lipinski definition) is 3. The molecule has 0 unspecified atom stereocenters. The van der Waals surface area contributed by atoms with Gasteiger partial charge in [-0.15, -0.1) is 0 Å². The maximum Gasteiger partial charge on any atom is 0.262 e. The minimum absolute atomic E-state index is 0.0586. The fourth-order valence-corrected chi connectivity index (χ4v) is 3.25. The van der Waals surface area contributed by atoms with Crippen molar-refractivity contribution in [2.45, 2.75) is 6.42 Å². The average Bonchev–Trinajstić information content (AvgIpc) is 3.03. The molecule has 0 N–H and O–H groups in total. The van der Waals surface area contributed by atoms with E-state index in [0.29, 0.717) is 16.8 Å². The van der Waals surface area contributed by atoms with Crippen molar-refractivity contribution in [3.05, 3.63) is 65.7 Å². The molecule has 1 saturated heterocycles. The lowest BCUT2D eigenvalue weighted by Crippen LogP contribution is -2.29. The number of benzene rings is 2. The van der Waals surface area contributed by atoms with Gasteiger partial charge in [-0.3, -0.25) is 14.4 Å². The molecule has 0 aliphatic carbocycles. The zero-order valence-electron chi connectivity index (χ0n) is 13.0. The zero-order valence-corrected chi connectivity index (χ0v) is 13.0. The van der Waals surface area contributed by atoms with Gasteiger partial charge in [0.25, 0.3) is 11.8 Å². The molecule has 5 heteroatoms. The lowest BCUT2D eigenvalue weighted by molar-refractivity contribution is -0.121. The summed E-state index contributed by atoms with van der Waals surface area (Å²) in [6.45, 7) is 0. The summed E-state index contributed by atoms with van der Waals surface area (Å²) in [6, 6.07) is 16.1. The Morgan fingerprint density at radius 3 is 2.25 bits per heavy atom. The standard InChI is InChI=1S/C19H14N2O3/c1-20-15-10-6-5-9-13(15)17(19(20)24)14-11-16(22)21(18(14)23)12-7-3-2-4-8-12/h2-10H,11H2,1H3/b17-14-. The Morgan fingerprint density at radius 2 is 1.50 bits per heavy atom. The Kier molecular flexibility index (Phi) is 3.09. The summed E-state index contributed by atoms with van der Waals surface area (Å²) >= 11 is 0. The number of carbonyl (C=O) groups is 3. The molecular weight excluding hydrogens is 304 g/mol. The fraction of sp³-hybridized carbons (Fsp3) is 0.105. The van der Waals surface area contributed by atoms with Gasteiger partial charge < -0.3 is 4.90 Å². The molecule has 2 aromatic rings. The van der Waals surface area contributed by atoms with E-state index in [1.165, 1.54) is 4.90 Å². The Morgan fingerprint density at radius 1 is 0.833 bits per heavy atom. The van der Waals surface area contributed by atoms with Crippen LogP contribution in [0.2, 0.25) is 0 Å². The number of imide groups is 1. The van der Waals surface area contributed by atoms with E-state index in [4.69, 9.17) is 0 Å². The van der Waals surface area contributed by atoms with Crippen LogP contribution in [0.3, 0.4) is 0 Å². The van der Waals surface area contributed by atoms with Crippen LogP contribution in [-0.2, 0) is 14.4 Å². The van der Waals surface area contributed by atoms with Crippen LogP contribution >= 0.6 is 0 Å². The monoisotopic (exact) mass is 318 g/mol. The third-order valence-corrected chi connectivity index (χ3v) is 4.41. The molecule has 2 heterocycles. The van der Waals surface area contributed by atoms with Crippen LogP contribution in [0.1, 0.15) is 12.0 Å². The number of para-hydroxylation sites is 2. The predicted octanol–water partition coefficient (Wildman–Crippen LogP) is 2.38. The SMILES string of the molecule is CN1C(=O)/C(=C2/CC(=O)N(c3ccccc3)C2=O)c2ccccc21. The number of fused-ring (bicyclic) bond motifs is 1. The average molecular weight is 318 g/mol. The molecule has 0 spiro atoms. The molecular formula is C19H14N2O3. The van der Waals surface area contributed by atoms with E-state index in [0.717, 1.165) is 10.6 Å². The van der Waals surface area contributed by atoms with Gasteiger partial charge in [-0.1, -0.05) is 36.4 Å². The number of carbonyl (C=O) groups excluding carboxylic acids is 3. The highest BCUT2D eigenvalue weighted by atomic mass is 16.2. The molecule has 0 radical (unpaired) electrons. The van der Waals surface area contributed by atoms with Gasteiger partial charge in [0.2, 0.25) is 5.91 Å². The quantitative estimate of drug-likeness (QED) is 0.599. The Bertz CT molecular complexity index is 915. The molecule has 2 aliphatic rings. The molecule has 24 heavy (non-hydrogen) atoms. The predicted molar refractivity (Wildman–Crippen MR) is 90.3 cm³/mol. The minimum Gasteiger partial charge on any atom is -0.311 e. The van der Waals surface area contributed by atoms with E-state index in [1.54, 1.807) is 31.3 Å². The molecule has 0 aromatic heterocycles. The van der Waals surface area contributed by atoms with Crippen molar-refractivity contribution in [1.29, 1.82) is 0 Å². The molecule has 4 rings (SSSR count). The number of anilines is 2. The van der Waals surface area contributed by atoms with Crippen molar-refractivity contribution in [1.82, 2.24) is 0 Å². The Hall–Kier alpha value is -3.21. The Labute approximate surface area is 138 Å². The van der Waals surface area contributed by atoms with E-state index >= 15 is 0 Å². The van der Waals surface area contributed by atoms with Gasteiger partial charge in [0.1, 0.15) is 0 Å². The molecule has 1 fully saturated rings. The van der Waals surface area contributed by atoms with E-state index in [9.17, 15) is 14.4 Å². The number of amides is 3. The third-order valence-electron chi connectivity index (χ3n) is 4.41. The first-order chi connectivity index (χ1) is 11.6. The molecule has 5 nitrogen and oxygen atoms in total. The summed E-state index contributed by atoms with van der Waals surface area (Å²) in [7, 11) is 1.67. The van der Waals surface area contributed by atoms with Crippen LogP contribution < -0.4 is 9.80 Å². The normalized spacial score (nSPS) is 20.1. The second kappa shape index (κ2) is 5.16. The first kappa shape index (κ1) is 14.4. The second-order valence-electron chi connectivity index (χ2n) is 5.78. The smallest absolute Gasteiger partial charge is 0.262 e. The first-order valence-electron chi connectivity index (χ1n) is 7.62. The van der Waals surface area contributed by atoms with Crippen molar-refractivity contribution in [3.63, 3.8) is 0 Å². The van der Waals surface area contributed by atoms with Gasteiger partial charge >= 0.3 is 0 Å². The molecule has 0 saturated carbocycles.